The maximum absolute atomic E-state index is 11.0. The highest BCUT2D eigenvalue weighted by molar-refractivity contribution is 5.77. The van der Waals surface area contributed by atoms with Crippen LogP contribution in [0.15, 0.2) is 0 Å². The molecule has 1 rings (SSSR count). The molecule has 1 amide bonds. The van der Waals surface area contributed by atoms with Crippen LogP contribution in [0, 0.1) is 0 Å². The summed E-state index contributed by atoms with van der Waals surface area (Å²) in [5.41, 5.74) is 0. The molecule has 0 spiro atoms. The van der Waals surface area contributed by atoms with Crippen molar-refractivity contribution in [3.63, 3.8) is 0 Å². The van der Waals surface area contributed by atoms with Crippen molar-refractivity contribution in [1.82, 2.24) is 10.2 Å². The van der Waals surface area contributed by atoms with Crippen molar-refractivity contribution in [2.45, 2.75) is 18.6 Å². The summed E-state index contributed by atoms with van der Waals surface area (Å²) in [6, 6.07) is 0. The lowest BCUT2D eigenvalue weighted by Gasteiger charge is -2.32. The second-order valence-corrected chi connectivity index (χ2v) is 3.41. The van der Waals surface area contributed by atoms with Gasteiger partial charge in [-0.05, 0) is 0 Å². The fourth-order valence-electron chi connectivity index (χ4n) is 1.55. The summed E-state index contributed by atoms with van der Waals surface area (Å²) in [5.74, 6) is -0.0960. The van der Waals surface area contributed by atoms with E-state index in [9.17, 15) is 15.0 Å². The molecule has 1 saturated heterocycles. The van der Waals surface area contributed by atoms with Gasteiger partial charge < -0.3 is 15.5 Å². The molecule has 1 heterocycles. The summed E-state index contributed by atoms with van der Waals surface area (Å²) in [5, 5.41) is 21.1. The minimum Gasteiger partial charge on any atom is -0.392 e. The maximum atomic E-state index is 11.0. The van der Waals surface area contributed by atoms with E-state index in [4.69, 9.17) is 0 Å². The molecule has 0 saturated carbocycles. The lowest BCUT2D eigenvalue weighted by atomic mass is 10.1. The van der Waals surface area contributed by atoms with Crippen LogP contribution < -0.4 is 5.32 Å². The molecule has 0 aromatic heterocycles. The molecule has 1 aliphatic heterocycles. The number of aliphatic hydroxyl groups is 2. The molecular weight excluding hydrogens is 172 g/mol. The highest BCUT2D eigenvalue weighted by Gasteiger charge is 2.25. The van der Waals surface area contributed by atoms with Crippen molar-refractivity contribution in [3.8, 4) is 0 Å². The number of likely N-dealkylation sites (tertiary alicyclic amines) is 1. The Hall–Kier alpha value is -0.650. The van der Waals surface area contributed by atoms with Crippen LogP contribution in [-0.4, -0.2) is 59.9 Å². The predicted molar refractivity (Wildman–Crippen MR) is 47.1 cm³/mol. The molecule has 5 heteroatoms. The molecule has 0 bridgehead atoms. The van der Waals surface area contributed by atoms with E-state index >= 15 is 0 Å². The zero-order valence-corrected chi connectivity index (χ0v) is 7.73. The molecule has 76 valence electrons. The first kappa shape index (κ1) is 10.4. The van der Waals surface area contributed by atoms with Crippen LogP contribution in [-0.2, 0) is 4.79 Å². The van der Waals surface area contributed by atoms with Gasteiger partial charge in [0.2, 0.25) is 5.91 Å². The van der Waals surface area contributed by atoms with Crippen molar-refractivity contribution < 1.29 is 15.0 Å². The fraction of sp³-hybridized carbons (Fsp3) is 0.875. The van der Waals surface area contributed by atoms with Gasteiger partial charge in [-0.3, -0.25) is 9.69 Å². The van der Waals surface area contributed by atoms with Gasteiger partial charge in [0, 0.05) is 26.6 Å². The largest absolute Gasteiger partial charge is 0.392 e. The molecule has 0 radical (unpaired) electrons. The Balaban J connectivity index is 2.37. The van der Waals surface area contributed by atoms with Gasteiger partial charge in [0.15, 0.2) is 0 Å². The topological polar surface area (TPSA) is 72.8 Å². The summed E-state index contributed by atoms with van der Waals surface area (Å²) >= 11 is 0. The average Bonchev–Trinajstić information content (AvgIpc) is 2.02. The van der Waals surface area contributed by atoms with Gasteiger partial charge in [-0.25, -0.2) is 0 Å². The summed E-state index contributed by atoms with van der Waals surface area (Å²) in [6.07, 6.45) is -0.633. The third kappa shape index (κ3) is 3.30. The summed E-state index contributed by atoms with van der Waals surface area (Å²) in [7, 11) is 1.57. The van der Waals surface area contributed by atoms with Crippen LogP contribution in [0.25, 0.3) is 0 Å². The summed E-state index contributed by atoms with van der Waals surface area (Å²) in [4.78, 5) is 12.7. The molecule has 2 atom stereocenters. The Morgan fingerprint density at radius 1 is 1.46 bits per heavy atom. The van der Waals surface area contributed by atoms with Gasteiger partial charge >= 0.3 is 0 Å². The Morgan fingerprint density at radius 2 is 2.00 bits per heavy atom. The molecule has 3 N–H and O–H groups in total. The van der Waals surface area contributed by atoms with Gasteiger partial charge in [-0.15, -0.1) is 0 Å². The number of β-amino-alcohol motifs (C(OH)–C–C–N with tert-alkyl or cyclic N) is 2. The Labute approximate surface area is 77.3 Å². The van der Waals surface area contributed by atoms with Crippen molar-refractivity contribution >= 4 is 5.91 Å². The van der Waals surface area contributed by atoms with Crippen LogP contribution in [0.5, 0.6) is 0 Å². The SMILES string of the molecule is CNC(=O)CN1C[C@H](O)C[C@H](O)C1. The number of hydrogen-bond acceptors (Lipinski definition) is 4. The van der Waals surface area contributed by atoms with Crippen molar-refractivity contribution in [1.29, 1.82) is 0 Å². The van der Waals surface area contributed by atoms with E-state index in [1.54, 1.807) is 11.9 Å². The standard InChI is InChI=1S/C8H16N2O3/c1-9-8(13)5-10-3-6(11)2-7(12)4-10/h6-7,11-12H,2-5H2,1H3,(H,9,13)/t6-,7+. The number of aliphatic hydroxyl groups excluding tert-OH is 2. The van der Waals surface area contributed by atoms with Crippen molar-refractivity contribution in [3.05, 3.63) is 0 Å². The minimum absolute atomic E-state index is 0.0960. The Bertz CT molecular complexity index is 176. The number of hydrogen-bond donors (Lipinski definition) is 3. The highest BCUT2D eigenvalue weighted by atomic mass is 16.3. The molecule has 1 fully saturated rings. The van der Waals surface area contributed by atoms with Gasteiger partial charge in [0.05, 0.1) is 18.8 Å². The van der Waals surface area contributed by atoms with Crippen LogP contribution >= 0.6 is 0 Å². The lowest BCUT2D eigenvalue weighted by molar-refractivity contribution is -0.123. The predicted octanol–water partition coefficient (Wildman–Crippen LogP) is -1.84. The van der Waals surface area contributed by atoms with E-state index < -0.39 is 12.2 Å². The number of piperidine rings is 1. The van der Waals surface area contributed by atoms with Crippen LogP contribution in [0.2, 0.25) is 0 Å². The van der Waals surface area contributed by atoms with Crippen LogP contribution in [0.4, 0.5) is 0 Å². The average molecular weight is 188 g/mol. The lowest BCUT2D eigenvalue weighted by Crippen LogP contribution is -2.48. The highest BCUT2D eigenvalue weighted by Crippen LogP contribution is 2.09. The normalized spacial score (nSPS) is 30.1. The van der Waals surface area contributed by atoms with E-state index in [-0.39, 0.29) is 12.5 Å². The fourth-order valence-corrected chi connectivity index (χ4v) is 1.55. The minimum atomic E-state index is -0.520. The number of carbonyl (C=O) groups excluding carboxylic acids is 1. The monoisotopic (exact) mass is 188 g/mol. The molecule has 13 heavy (non-hydrogen) atoms. The molecule has 5 nitrogen and oxygen atoms in total. The third-order valence-corrected chi connectivity index (χ3v) is 2.13. The van der Waals surface area contributed by atoms with Crippen LogP contribution in [0.3, 0.4) is 0 Å². The van der Waals surface area contributed by atoms with E-state index in [2.05, 4.69) is 5.32 Å². The second kappa shape index (κ2) is 4.55. The number of likely N-dealkylation sites (N-methyl/N-ethyl adjacent to an activating group) is 1. The molecule has 0 aromatic carbocycles. The first-order valence-electron chi connectivity index (χ1n) is 4.41. The van der Waals surface area contributed by atoms with Gasteiger partial charge in [-0.2, -0.15) is 0 Å². The zero-order chi connectivity index (χ0) is 9.84. The maximum Gasteiger partial charge on any atom is 0.233 e. The first-order chi connectivity index (χ1) is 6.11. The smallest absolute Gasteiger partial charge is 0.233 e. The van der Waals surface area contributed by atoms with Crippen molar-refractivity contribution in [2.24, 2.45) is 0 Å². The molecule has 0 unspecified atom stereocenters. The van der Waals surface area contributed by atoms with E-state index in [0.29, 0.717) is 19.5 Å². The van der Waals surface area contributed by atoms with Gasteiger partial charge in [0.1, 0.15) is 0 Å². The molecule has 0 aromatic rings. The number of amides is 1. The quantitative estimate of drug-likeness (QED) is 0.476. The number of carbonyl (C=O) groups is 1. The number of nitrogens with zero attached hydrogens (tertiary/aromatic N) is 1. The molecule has 1 aliphatic rings. The molecule has 0 aliphatic carbocycles. The van der Waals surface area contributed by atoms with E-state index in [1.807, 2.05) is 0 Å². The summed E-state index contributed by atoms with van der Waals surface area (Å²) in [6.45, 7) is 1.17. The third-order valence-electron chi connectivity index (χ3n) is 2.13. The Kier molecular flexibility index (Phi) is 3.65. The summed E-state index contributed by atoms with van der Waals surface area (Å²) < 4.78 is 0. The van der Waals surface area contributed by atoms with Crippen LogP contribution in [0.1, 0.15) is 6.42 Å². The number of rotatable bonds is 2. The molecular formula is C8H16N2O3. The second-order valence-electron chi connectivity index (χ2n) is 3.41. The van der Waals surface area contributed by atoms with Gasteiger partial charge in [0.25, 0.3) is 0 Å². The zero-order valence-electron chi connectivity index (χ0n) is 7.73. The number of nitrogens with one attached hydrogen (secondary N) is 1. The van der Waals surface area contributed by atoms with Gasteiger partial charge in [-0.1, -0.05) is 0 Å². The van der Waals surface area contributed by atoms with Crippen molar-refractivity contribution in [2.75, 3.05) is 26.7 Å². The van der Waals surface area contributed by atoms with E-state index in [1.165, 1.54) is 0 Å². The Morgan fingerprint density at radius 3 is 2.46 bits per heavy atom. The first-order valence-corrected chi connectivity index (χ1v) is 4.41. The van der Waals surface area contributed by atoms with E-state index in [0.717, 1.165) is 0 Å².